The molecule has 1 aromatic heterocycles. The van der Waals surface area contributed by atoms with Gasteiger partial charge in [0.05, 0.1) is 24.3 Å². The molecule has 2 heterocycles. The molecule has 1 aliphatic rings. The smallest absolute Gasteiger partial charge is 0.255 e. The first-order valence-electron chi connectivity index (χ1n) is 6.82. The molecular formula is C14H19N3O3. The quantitative estimate of drug-likeness (QED) is 0.879. The number of carbonyl (C=O) groups excluding carboxylic acids is 2. The fourth-order valence-electron chi connectivity index (χ4n) is 1.97. The highest BCUT2D eigenvalue weighted by Gasteiger charge is 2.19. The van der Waals surface area contributed by atoms with Crippen molar-refractivity contribution in [3.05, 3.63) is 29.6 Å². The number of aromatic nitrogens is 1. The zero-order valence-corrected chi connectivity index (χ0v) is 11.6. The molecule has 0 bridgehead atoms. The molecule has 0 aliphatic carbocycles. The Balaban J connectivity index is 2.08. The molecular weight excluding hydrogens is 258 g/mol. The second-order valence-corrected chi connectivity index (χ2v) is 4.62. The molecule has 6 heteroatoms. The van der Waals surface area contributed by atoms with Crippen molar-refractivity contribution in [2.24, 2.45) is 0 Å². The lowest BCUT2D eigenvalue weighted by molar-refractivity contribution is 0.0302. The van der Waals surface area contributed by atoms with Crippen molar-refractivity contribution >= 4 is 11.8 Å². The van der Waals surface area contributed by atoms with Gasteiger partial charge in [-0.15, -0.1) is 0 Å². The van der Waals surface area contributed by atoms with E-state index in [1.54, 1.807) is 11.0 Å². The van der Waals surface area contributed by atoms with E-state index >= 15 is 0 Å². The summed E-state index contributed by atoms with van der Waals surface area (Å²) in [6.45, 7) is 4.85. The summed E-state index contributed by atoms with van der Waals surface area (Å²) in [4.78, 5) is 29.9. The van der Waals surface area contributed by atoms with Crippen LogP contribution in [-0.4, -0.2) is 54.5 Å². The van der Waals surface area contributed by atoms with Gasteiger partial charge in [0.25, 0.3) is 11.8 Å². The molecule has 1 fully saturated rings. The second-order valence-electron chi connectivity index (χ2n) is 4.62. The first-order chi connectivity index (χ1) is 9.72. The van der Waals surface area contributed by atoms with E-state index in [9.17, 15) is 9.59 Å². The molecule has 2 rings (SSSR count). The molecule has 1 aliphatic heterocycles. The van der Waals surface area contributed by atoms with Crippen LogP contribution in [0.5, 0.6) is 0 Å². The Hall–Kier alpha value is -1.95. The van der Waals surface area contributed by atoms with Crippen molar-refractivity contribution in [1.29, 1.82) is 0 Å². The highest BCUT2D eigenvalue weighted by Crippen LogP contribution is 2.08. The average Bonchev–Trinajstić information content (AvgIpc) is 2.52. The summed E-state index contributed by atoms with van der Waals surface area (Å²) in [6, 6.07) is 1.59. The van der Waals surface area contributed by atoms with Gasteiger partial charge in [0.2, 0.25) is 0 Å². The van der Waals surface area contributed by atoms with Crippen LogP contribution in [0, 0.1) is 0 Å². The van der Waals surface area contributed by atoms with Crippen LogP contribution >= 0.6 is 0 Å². The SMILES string of the molecule is CCCNC(=O)c1cncc(C(=O)N2CCOCC2)c1. The maximum Gasteiger partial charge on any atom is 0.255 e. The van der Waals surface area contributed by atoms with E-state index in [2.05, 4.69) is 10.3 Å². The van der Waals surface area contributed by atoms with Gasteiger partial charge in [0, 0.05) is 32.0 Å². The minimum Gasteiger partial charge on any atom is -0.378 e. The molecule has 0 saturated carbocycles. The Morgan fingerprint density at radius 3 is 2.70 bits per heavy atom. The third-order valence-electron chi connectivity index (χ3n) is 3.08. The normalized spacial score (nSPS) is 14.9. The lowest BCUT2D eigenvalue weighted by Gasteiger charge is -2.26. The zero-order valence-electron chi connectivity index (χ0n) is 11.6. The predicted octanol–water partition coefficient (Wildman–Crippen LogP) is 0.694. The summed E-state index contributed by atoms with van der Waals surface area (Å²) in [5.74, 6) is -0.304. The third kappa shape index (κ3) is 3.54. The van der Waals surface area contributed by atoms with Gasteiger partial charge in [-0.1, -0.05) is 6.92 Å². The number of carbonyl (C=O) groups is 2. The topological polar surface area (TPSA) is 71.5 Å². The fraction of sp³-hybridized carbons (Fsp3) is 0.500. The number of morpholine rings is 1. The van der Waals surface area contributed by atoms with Gasteiger partial charge in [-0.25, -0.2) is 0 Å². The first-order valence-corrected chi connectivity index (χ1v) is 6.82. The van der Waals surface area contributed by atoms with E-state index < -0.39 is 0 Å². The Morgan fingerprint density at radius 1 is 1.30 bits per heavy atom. The van der Waals surface area contributed by atoms with Crippen molar-refractivity contribution in [2.45, 2.75) is 13.3 Å². The Labute approximate surface area is 118 Å². The fourth-order valence-corrected chi connectivity index (χ4v) is 1.97. The summed E-state index contributed by atoms with van der Waals surface area (Å²) < 4.78 is 5.22. The second kappa shape index (κ2) is 7.00. The van der Waals surface area contributed by atoms with Gasteiger partial charge in [-0.05, 0) is 12.5 Å². The number of rotatable bonds is 4. The Bertz CT molecular complexity index is 484. The molecule has 0 unspecified atom stereocenters. The van der Waals surface area contributed by atoms with E-state index in [-0.39, 0.29) is 11.8 Å². The zero-order chi connectivity index (χ0) is 14.4. The number of amides is 2. The van der Waals surface area contributed by atoms with E-state index in [4.69, 9.17) is 4.74 Å². The van der Waals surface area contributed by atoms with Crippen molar-refractivity contribution in [1.82, 2.24) is 15.2 Å². The van der Waals surface area contributed by atoms with Crippen LogP contribution in [0.2, 0.25) is 0 Å². The first kappa shape index (κ1) is 14.5. The van der Waals surface area contributed by atoms with E-state index in [1.165, 1.54) is 12.4 Å². The molecule has 6 nitrogen and oxygen atoms in total. The lowest BCUT2D eigenvalue weighted by Crippen LogP contribution is -2.40. The molecule has 2 amide bonds. The van der Waals surface area contributed by atoms with Crippen molar-refractivity contribution in [2.75, 3.05) is 32.8 Å². The van der Waals surface area contributed by atoms with Crippen LogP contribution in [-0.2, 0) is 4.74 Å². The van der Waals surface area contributed by atoms with Gasteiger partial charge in [-0.3, -0.25) is 14.6 Å². The van der Waals surface area contributed by atoms with Crippen LogP contribution < -0.4 is 5.32 Å². The Morgan fingerprint density at radius 2 is 2.00 bits per heavy atom. The number of nitrogens with zero attached hydrogens (tertiary/aromatic N) is 2. The number of pyridine rings is 1. The summed E-state index contributed by atoms with van der Waals surface area (Å²) >= 11 is 0. The Kier molecular flexibility index (Phi) is 5.06. The standard InChI is InChI=1S/C14H19N3O3/c1-2-3-16-13(18)11-8-12(10-15-9-11)14(19)17-4-6-20-7-5-17/h8-10H,2-7H2,1H3,(H,16,18). The molecule has 1 N–H and O–H groups in total. The van der Waals surface area contributed by atoms with E-state index in [0.29, 0.717) is 44.0 Å². The number of nitrogens with one attached hydrogen (secondary N) is 1. The van der Waals surface area contributed by atoms with Crippen LogP contribution in [0.3, 0.4) is 0 Å². The summed E-state index contributed by atoms with van der Waals surface area (Å²) in [5.41, 5.74) is 0.855. The van der Waals surface area contributed by atoms with E-state index in [1.807, 2.05) is 6.92 Å². The van der Waals surface area contributed by atoms with Gasteiger partial charge in [-0.2, -0.15) is 0 Å². The van der Waals surface area contributed by atoms with Crippen LogP contribution in [0.15, 0.2) is 18.5 Å². The monoisotopic (exact) mass is 277 g/mol. The molecule has 0 spiro atoms. The van der Waals surface area contributed by atoms with Gasteiger partial charge < -0.3 is 15.0 Å². The highest BCUT2D eigenvalue weighted by molar-refractivity contribution is 5.99. The maximum absolute atomic E-state index is 12.3. The summed E-state index contributed by atoms with van der Waals surface area (Å²) in [7, 11) is 0. The molecule has 20 heavy (non-hydrogen) atoms. The van der Waals surface area contributed by atoms with E-state index in [0.717, 1.165) is 6.42 Å². The third-order valence-corrected chi connectivity index (χ3v) is 3.08. The van der Waals surface area contributed by atoms with Crippen molar-refractivity contribution in [3.63, 3.8) is 0 Å². The van der Waals surface area contributed by atoms with Crippen molar-refractivity contribution in [3.8, 4) is 0 Å². The highest BCUT2D eigenvalue weighted by atomic mass is 16.5. The number of hydrogen-bond donors (Lipinski definition) is 1. The molecule has 0 atom stereocenters. The van der Waals surface area contributed by atoms with Crippen LogP contribution in [0.25, 0.3) is 0 Å². The van der Waals surface area contributed by atoms with Crippen LogP contribution in [0.1, 0.15) is 34.1 Å². The minimum absolute atomic E-state index is 0.106. The minimum atomic E-state index is -0.198. The summed E-state index contributed by atoms with van der Waals surface area (Å²) in [5, 5.41) is 2.77. The molecule has 1 aromatic rings. The van der Waals surface area contributed by atoms with Gasteiger partial charge in [0.1, 0.15) is 0 Å². The average molecular weight is 277 g/mol. The molecule has 0 aromatic carbocycles. The molecule has 1 saturated heterocycles. The maximum atomic E-state index is 12.3. The van der Waals surface area contributed by atoms with Gasteiger partial charge >= 0.3 is 0 Å². The van der Waals surface area contributed by atoms with Gasteiger partial charge in [0.15, 0.2) is 0 Å². The van der Waals surface area contributed by atoms with Crippen LogP contribution in [0.4, 0.5) is 0 Å². The lowest BCUT2D eigenvalue weighted by atomic mass is 10.1. The molecule has 108 valence electrons. The number of ether oxygens (including phenoxy) is 1. The largest absolute Gasteiger partial charge is 0.378 e. The predicted molar refractivity (Wildman–Crippen MR) is 73.6 cm³/mol. The molecule has 0 radical (unpaired) electrons. The summed E-state index contributed by atoms with van der Waals surface area (Å²) in [6.07, 6.45) is 3.83. The number of hydrogen-bond acceptors (Lipinski definition) is 4. The van der Waals surface area contributed by atoms with Crippen molar-refractivity contribution < 1.29 is 14.3 Å².